The monoisotopic (exact) mass is 360 g/mol. The molecule has 0 fully saturated rings. The van der Waals surface area contributed by atoms with Crippen LogP contribution >= 0.6 is 0 Å². The van der Waals surface area contributed by atoms with Gasteiger partial charge in [0.25, 0.3) is 0 Å². The average molecular weight is 362 g/mol. The van der Waals surface area contributed by atoms with E-state index in [1.165, 1.54) is 27.8 Å². The Balaban J connectivity index is -0.000000225. The van der Waals surface area contributed by atoms with E-state index in [2.05, 4.69) is 52.8 Å². The van der Waals surface area contributed by atoms with E-state index in [-0.39, 0.29) is 51.0 Å². The minimum absolute atomic E-state index is 0. The van der Waals surface area contributed by atoms with Gasteiger partial charge in [-0.25, -0.2) is 12.1 Å². The Labute approximate surface area is 143 Å². The quantitative estimate of drug-likeness (QED) is 0.493. The Morgan fingerprint density at radius 2 is 1.33 bits per heavy atom. The Bertz CT molecular complexity index is 391. The van der Waals surface area contributed by atoms with Crippen LogP contribution in [-0.4, -0.2) is 0 Å². The van der Waals surface area contributed by atoms with Crippen LogP contribution in [0, 0.1) is 34.6 Å². The normalized spacial score (nSPS) is 8.06. The smallest absolute Gasteiger partial charge is 1.00 e. The second-order valence-corrected chi connectivity index (χ2v) is 4.22. The van der Waals surface area contributed by atoms with Gasteiger partial charge in [-0.2, -0.15) is 46.0 Å². The van der Waals surface area contributed by atoms with Crippen molar-refractivity contribution in [3.8, 4) is 0 Å². The fourth-order valence-electron chi connectivity index (χ4n) is 1.60. The van der Waals surface area contributed by atoms with Gasteiger partial charge >= 0.3 is 26.2 Å². The molecule has 0 aliphatic heterocycles. The Kier molecular flexibility index (Phi) is 14.3. The van der Waals surface area contributed by atoms with E-state index in [4.69, 9.17) is 0 Å². The summed E-state index contributed by atoms with van der Waals surface area (Å²) in [5, 5.41) is 0. The molecule has 0 N–H and O–H groups in total. The Morgan fingerprint density at radius 3 is 1.44 bits per heavy atom. The fourth-order valence-corrected chi connectivity index (χ4v) is 1.60. The average Bonchev–Trinajstić information content (AvgIpc) is 2.73. The van der Waals surface area contributed by atoms with Gasteiger partial charge in [0.1, 0.15) is 0 Å². The van der Waals surface area contributed by atoms with Crippen LogP contribution in [-0.2, 0) is 26.2 Å². The van der Waals surface area contributed by atoms with Gasteiger partial charge < -0.3 is 24.8 Å². The molecule has 2 aromatic carbocycles. The van der Waals surface area contributed by atoms with Crippen LogP contribution in [0.15, 0.2) is 30.3 Å². The molecule has 0 saturated heterocycles. The molecule has 0 atom stereocenters. The first kappa shape index (κ1) is 23.3. The molecule has 0 heterocycles. The number of rotatable bonds is 0. The van der Waals surface area contributed by atoms with Gasteiger partial charge in [0, 0.05) is 0 Å². The first-order valence-corrected chi connectivity index (χ1v) is 5.40. The predicted molar refractivity (Wildman–Crippen MR) is 67.8 cm³/mol. The molecule has 0 nitrogen and oxygen atoms in total. The van der Waals surface area contributed by atoms with Crippen molar-refractivity contribution in [3.63, 3.8) is 0 Å². The summed E-state index contributed by atoms with van der Waals surface area (Å²) in [7, 11) is 0. The Hall–Kier alpha value is 0.163. The van der Waals surface area contributed by atoms with Crippen molar-refractivity contribution in [2.45, 2.75) is 34.6 Å². The molecule has 0 radical (unpaired) electrons. The van der Waals surface area contributed by atoms with Gasteiger partial charge in [0.15, 0.2) is 0 Å². The topological polar surface area (TPSA) is 0 Å². The standard InChI is InChI=1S/C9H13.C6H7.2ClH.Zr/c1-6-5-7(2)9(4)8(6)3;1-6-4-2-3-5-6;;;/h5H,1-4H3;2-5H,1H3;2*1H;/q2*-1;;;+4/p-2. The maximum absolute atomic E-state index is 2.24. The molecule has 3 heteroatoms. The minimum Gasteiger partial charge on any atom is -1.00 e. The van der Waals surface area contributed by atoms with Gasteiger partial charge in [-0.15, -0.1) is 0 Å². The predicted octanol–water partition coefficient (Wildman–Crippen LogP) is -1.64. The zero-order valence-corrected chi connectivity index (χ0v) is 15.6. The maximum atomic E-state index is 2.24. The molecule has 0 spiro atoms. The van der Waals surface area contributed by atoms with E-state index in [1.54, 1.807) is 0 Å². The molecule has 0 amide bonds. The van der Waals surface area contributed by atoms with Gasteiger partial charge in [-0.1, -0.05) is 34.6 Å². The van der Waals surface area contributed by atoms with Crippen LogP contribution in [0.4, 0.5) is 0 Å². The van der Waals surface area contributed by atoms with Crippen molar-refractivity contribution in [3.05, 3.63) is 58.1 Å². The van der Waals surface area contributed by atoms with Crippen LogP contribution in [0.5, 0.6) is 0 Å². The number of hydrogen-bond donors (Lipinski definition) is 0. The molecule has 18 heavy (non-hydrogen) atoms. The van der Waals surface area contributed by atoms with Crippen LogP contribution in [0.25, 0.3) is 0 Å². The third kappa shape index (κ3) is 6.93. The molecule has 0 aromatic heterocycles. The minimum atomic E-state index is 0. The summed E-state index contributed by atoms with van der Waals surface area (Å²) in [6, 6.07) is 10.5. The van der Waals surface area contributed by atoms with E-state index >= 15 is 0 Å². The maximum Gasteiger partial charge on any atom is 4.00 e. The second kappa shape index (κ2) is 11.0. The first-order valence-electron chi connectivity index (χ1n) is 5.40. The van der Waals surface area contributed by atoms with E-state index in [9.17, 15) is 0 Å². The summed E-state index contributed by atoms with van der Waals surface area (Å²) in [6.45, 7) is 10.8. The molecule has 2 rings (SSSR count). The molecule has 0 aliphatic carbocycles. The van der Waals surface area contributed by atoms with Crippen molar-refractivity contribution < 1.29 is 51.0 Å². The molecular weight excluding hydrogens is 342 g/mol. The summed E-state index contributed by atoms with van der Waals surface area (Å²) in [4.78, 5) is 0. The van der Waals surface area contributed by atoms with Crippen LogP contribution < -0.4 is 24.8 Å². The number of halogens is 2. The van der Waals surface area contributed by atoms with Gasteiger partial charge in [-0.3, -0.25) is 0 Å². The Morgan fingerprint density at radius 1 is 0.889 bits per heavy atom. The van der Waals surface area contributed by atoms with E-state index in [0.29, 0.717) is 0 Å². The first-order chi connectivity index (χ1) is 7.02. The van der Waals surface area contributed by atoms with Crippen LogP contribution in [0.3, 0.4) is 0 Å². The van der Waals surface area contributed by atoms with Gasteiger partial charge in [0.2, 0.25) is 0 Å². The van der Waals surface area contributed by atoms with Crippen molar-refractivity contribution >= 4 is 0 Å². The van der Waals surface area contributed by atoms with E-state index < -0.39 is 0 Å². The summed E-state index contributed by atoms with van der Waals surface area (Å²) in [5.41, 5.74) is 7.09. The molecule has 0 saturated carbocycles. The van der Waals surface area contributed by atoms with Crippen molar-refractivity contribution in [2.24, 2.45) is 0 Å². The fraction of sp³-hybridized carbons (Fsp3) is 0.333. The summed E-state index contributed by atoms with van der Waals surface area (Å²) < 4.78 is 0. The van der Waals surface area contributed by atoms with Gasteiger partial charge in [-0.05, 0) is 0 Å². The SMILES string of the molecule is C[c-]1cccc1.Cc1c[c-](C)c(C)c1C.[Cl-].[Cl-].[Zr+4]. The zero-order valence-electron chi connectivity index (χ0n) is 11.6. The van der Waals surface area contributed by atoms with Crippen molar-refractivity contribution in [1.82, 2.24) is 0 Å². The van der Waals surface area contributed by atoms with Crippen LogP contribution in [0.2, 0.25) is 0 Å². The summed E-state index contributed by atoms with van der Waals surface area (Å²) in [6.07, 6.45) is 0. The third-order valence-corrected chi connectivity index (χ3v) is 3.01. The van der Waals surface area contributed by atoms with Gasteiger partial charge in [0.05, 0.1) is 0 Å². The summed E-state index contributed by atoms with van der Waals surface area (Å²) >= 11 is 0. The summed E-state index contributed by atoms with van der Waals surface area (Å²) in [5.74, 6) is 0. The second-order valence-electron chi connectivity index (χ2n) is 4.22. The van der Waals surface area contributed by atoms with Crippen molar-refractivity contribution in [2.75, 3.05) is 0 Å². The molecule has 0 aliphatic rings. The van der Waals surface area contributed by atoms with E-state index in [1.807, 2.05) is 12.1 Å². The van der Waals surface area contributed by atoms with Crippen molar-refractivity contribution in [1.29, 1.82) is 0 Å². The largest absolute Gasteiger partial charge is 4.00 e. The molecule has 0 unspecified atom stereocenters. The van der Waals surface area contributed by atoms with Crippen LogP contribution in [0.1, 0.15) is 27.8 Å². The third-order valence-electron chi connectivity index (χ3n) is 3.01. The molecule has 98 valence electrons. The molecule has 0 bridgehead atoms. The molecule has 2 aromatic rings. The van der Waals surface area contributed by atoms with E-state index in [0.717, 1.165) is 0 Å². The number of hydrogen-bond acceptors (Lipinski definition) is 0. The molecular formula is C15H20Cl2Zr. The number of aryl methyl sites for hydroxylation is 3. The zero-order chi connectivity index (χ0) is 11.4.